The fraction of sp³-hybridized carbons (Fsp3) is 0.364. The first-order valence-electron chi connectivity index (χ1n) is 9.91. The highest BCUT2D eigenvalue weighted by Crippen LogP contribution is 2.28. The van der Waals surface area contributed by atoms with Crippen molar-refractivity contribution in [1.82, 2.24) is 14.5 Å². The minimum Gasteiger partial charge on any atom is -0.495 e. The maximum absolute atomic E-state index is 12.8. The summed E-state index contributed by atoms with van der Waals surface area (Å²) in [5.74, 6) is 0.880. The van der Waals surface area contributed by atoms with Crippen LogP contribution in [-0.2, 0) is 6.54 Å². The van der Waals surface area contributed by atoms with Gasteiger partial charge in [0, 0.05) is 39.3 Å². The number of H-pyrrole nitrogens is 1. The number of ether oxygens (including phenoxy) is 1. The lowest BCUT2D eigenvalue weighted by atomic mass is 10.1. The lowest BCUT2D eigenvalue weighted by Crippen LogP contribution is -2.48. The van der Waals surface area contributed by atoms with E-state index in [0.29, 0.717) is 24.0 Å². The number of methoxy groups -OCH3 is 1. The fourth-order valence-corrected chi connectivity index (χ4v) is 3.97. The first-order chi connectivity index (χ1) is 14.1. The van der Waals surface area contributed by atoms with Gasteiger partial charge in [0.25, 0.3) is 5.56 Å². The highest BCUT2D eigenvalue weighted by Gasteiger charge is 2.20. The first kappa shape index (κ1) is 19.3. The van der Waals surface area contributed by atoms with E-state index in [-0.39, 0.29) is 11.2 Å². The molecule has 0 aliphatic carbocycles. The van der Waals surface area contributed by atoms with Gasteiger partial charge in [-0.2, -0.15) is 0 Å². The molecule has 1 aliphatic rings. The van der Waals surface area contributed by atoms with Crippen molar-refractivity contribution in [1.29, 1.82) is 0 Å². The van der Waals surface area contributed by atoms with Crippen LogP contribution in [0.15, 0.2) is 52.1 Å². The Morgan fingerprint density at radius 1 is 0.966 bits per heavy atom. The average Bonchev–Trinajstić information content (AvgIpc) is 2.75. The van der Waals surface area contributed by atoms with Gasteiger partial charge in [-0.05, 0) is 30.7 Å². The summed E-state index contributed by atoms with van der Waals surface area (Å²) in [7, 11) is 1.69. The van der Waals surface area contributed by atoms with Crippen molar-refractivity contribution in [2.75, 3.05) is 44.7 Å². The zero-order valence-electron chi connectivity index (χ0n) is 16.9. The standard InChI is InChI=1S/C22H26N4O3/c1-16-6-5-7-17-20(16)23-22(28)26(21(17)27)15-12-24-10-13-25(14-11-24)18-8-3-4-9-19(18)29-2/h3-9H,10-15H2,1-2H3,(H,23,28). The molecule has 29 heavy (non-hydrogen) atoms. The Morgan fingerprint density at radius 3 is 2.48 bits per heavy atom. The van der Waals surface area contributed by atoms with Gasteiger partial charge < -0.3 is 14.6 Å². The maximum atomic E-state index is 12.8. The Bertz CT molecular complexity index is 1130. The third-order valence-electron chi connectivity index (χ3n) is 5.66. The highest BCUT2D eigenvalue weighted by atomic mass is 16.5. The van der Waals surface area contributed by atoms with E-state index in [1.54, 1.807) is 13.2 Å². The van der Waals surface area contributed by atoms with E-state index < -0.39 is 0 Å². The molecule has 0 unspecified atom stereocenters. The molecule has 1 saturated heterocycles. The lowest BCUT2D eigenvalue weighted by Gasteiger charge is -2.36. The number of para-hydroxylation sites is 3. The van der Waals surface area contributed by atoms with E-state index in [0.717, 1.165) is 43.2 Å². The van der Waals surface area contributed by atoms with E-state index in [9.17, 15) is 9.59 Å². The van der Waals surface area contributed by atoms with Crippen molar-refractivity contribution >= 4 is 16.6 Å². The van der Waals surface area contributed by atoms with Crippen molar-refractivity contribution < 1.29 is 4.74 Å². The smallest absolute Gasteiger partial charge is 0.328 e. The normalized spacial score (nSPS) is 15.0. The van der Waals surface area contributed by atoms with E-state index in [1.807, 2.05) is 37.3 Å². The van der Waals surface area contributed by atoms with Gasteiger partial charge in [-0.1, -0.05) is 24.3 Å². The van der Waals surface area contributed by atoms with Gasteiger partial charge in [0.05, 0.1) is 23.7 Å². The van der Waals surface area contributed by atoms with Crippen LogP contribution < -0.4 is 20.9 Å². The number of fused-ring (bicyclic) bond motifs is 1. The number of piperazine rings is 1. The maximum Gasteiger partial charge on any atom is 0.328 e. The number of nitrogens with zero attached hydrogens (tertiary/aromatic N) is 3. The summed E-state index contributed by atoms with van der Waals surface area (Å²) < 4.78 is 6.78. The molecule has 3 aromatic rings. The number of benzene rings is 2. The Morgan fingerprint density at radius 2 is 1.72 bits per heavy atom. The molecule has 2 aromatic carbocycles. The molecule has 7 nitrogen and oxygen atoms in total. The van der Waals surface area contributed by atoms with E-state index in [1.165, 1.54) is 4.57 Å². The van der Waals surface area contributed by atoms with Gasteiger partial charge in [0.15, 0.2) is 0 Å². The van der Waals surface area contributed by atoms with Gasteiger partial charge >= 0.3 is 5.69 Å². The molecule has 1 aliphatic heterocycles. The summed E-state index contributed by atoms with van der Waals surface area (Å²) in [6.07, 6.45) is 0. The number of anilines is 1. The number of aromatic amines is 1. The number of rotatable bonds is 5. The molecular formula is C22H26N4O3. The van der Waals surface area contributed by atoms with Crippen molar-refractivity contribution in [3.63, 3.8) is 0 Å². The summed E-state index contributed by atoms with van der Waals surface area (Å²) in [5, 5.41) is 0.561. The molecule has 0 radical (unpaired) electrons. The summed E-state index contributed by atoms with van der Waals surface area (Å²) in [6.45, 7) is 6.44. The van der Waals surface area contributed by atoms with Gasteiger partial charge in [-0.25, -0.2) is 4.79 Å². The van der Waals surface area contributed by atoms with Gasteiger partial charge in [-0.15, -0.1) is 0 Å². The zero-order valence-corrected chi connectivity index (χ0v) is 16.9. The number of nitrogens with one attached hydrogen (secondary N) is 1. The molecule has 4 rings (SSSR count). The summed E-state index contributed by atoms with van der Waals surface area (Å²) in [5.41, 5.74) is 2.07. The van der Waals surface area contributed by atoms with E-state index in [2.05, 4.69) is 20.9 Å². The van der Waals surface area contributed by atoms with Crippen molar-refractivity contribution in [2.24, 2.45) is 0 Å². The number of aromatic nitrogens is 2. The third kappa shape index (κ3) is 3.78. The minimum absolute atomic E-state index is 0.222. The monoisotopic (exact) mass is 394 g/mol. The molecule has 152 valence electrons. The van der Waals surface area contributed by atoms with Gasteiger partial charge in [-0.3, -0.25) is 14.3 Å². The Hall–Kier alpha value is -3.06. The Balaban J connectivity index is 1.44. The minimum atomic E-state index is -0.343. The zero-order chi connectivity index (χ0) is 20.4. The number of hydrogen-bond acceptors (Lipinski definition) is 5. The SMILES string of the molecule is COc1ccccc1N1CCN(CCn2c(=O)[nH]c3c(C)cccc3c2=O)CC1. The van der Waals surface area contributed by atoms with Crippen LogP contribution >= 0.6 is 0 Å². The van der Waals surface area contributed by atoms with Crippen LogP contribution in [0, 0.1) is 6.92 Å². The summed E-state index contributed by atoms with van der Waals surface area (Å²) in [4.78, 5) is 32.7. The number of hydrogen-bond donors (Lipinski definition) is 1. The molecule has 7 heteroatoms. The van der Waals surface area contributed by atoms with Gasteiger partial charge in [0.1, 0.15) is 5.75 Å². The summed E-state index contributed by atoms with van der Waals surface area (Å²) in [6, 6.07) is 13.5. The van der Waals surface area contributed by atoms with Crippen LogP contribution in [0.1, 0.15) is 5.56 Å². The molecular weight excluding hydrogens is 368 g/mol. The quantitative estimate of drug-likeness (QED) is 0.715. The van der Waals surface area contributed by atoms with E-state index >= 15 is 0 Å². The van der Waals surface area contributed by atoms with Crippen LogP contribution in [0.3, 0.4) is 0 Å². The molecule has 1 fully saturated rings. The summed E-state index contributed by atoms with van der Waals surface area (Å²) >= 11 is 0. The predicted molar refractivity (Wildman–Crippen MR) is 115 cm³/mol. The van der Waals surface area contributed by atoms with Crippen LogP contribution in [0.5, 0.6) is 5.75 Å². The van der Waals surface area contributed by atoms with Crippen molar-refractivity contribution in [2.45, 2.75) is 13.5 Å². The van der Waals surface area contributed by atoms with E-state index in [4.69, 9.17) is 4.74 Å². The van der Waals surface area contributed by atoms with Crippen molar-refractivity contribution in [3.8, 4) is 5.75 Å². The first-order valence-corrected chi connectivity index (χ1v) is 9.91. The van der Waals surface area contributed by atoms with Crippen LogP contribution in [0.25, 0.3) is 10.9 Å². The van der Waals surface area contributed by atoms with Crippen LogP contribution in [-0.4, -0.2) is 54.3 Å². The molecule has 1 N–H and O–H groups in total. The predicted octanol–water partition coefficient (Wildman–Crippen LogP) is 1.83. The number of aryl methyl sites for hydroxylation is 1. The molecule has 2 heterocycles. The highest BCUT2D eigenvalue weighted by molar-refractivity contribution is 5.80. The van der Waals surface area contributed by atoms with Gasteiger partial charge in [0.2, 0.25) is 0 Å². The Labute approximate surface area is 169 Å². The molecule has 0 atom stereocenters. The second-order valence-corrected chi connectivity index (χ2v) is 7.38. The Kier molecular flexibility index (Phi) is 5.40. The molecule has 0 amide bonds. The van der Waals surface area contributed by atoms with Crippen LogP contribution in [0.2, 0.25) is 0 Å². The topological polar surface area (TPSA) is 70.6 Å². The molecule has 0 saturated carbocycles. The largest absolute Gasteiger partial charge is 0.495 e. The molecule has 1 aromatic heterocycles. The molecule has 0 spiro atoms. The fourth-order valence-electron chi connectivity index (χ4n) is 3.97. The molecule has 0 bridgehead atoms. The third-order valence-corrected chi connectivity index (χ3v) is 5.66. The average molecular weight is 394 g/mol. The second-order valence-electron chi connectivity index (χ2n) is 7.38. The van der Waals surface area contributed by atoms with Crippen LogP contribution in [0.4, 0.5) is 5.69 Å². The second kappa shape index (κ2) is 8.13. The van der Waals surface area contributed by atoms with Crippen molar-refractivity contribution in [3.05, 3.63) is 68.9 Å². The lowest BCUT2D eigenvalue weighted by molar-refractivity contribution is 0.245.